The van der Waals surface area contributed by atoms with Crippen molar-refractivity contribution in [2.45, 2.75) is 33.1 Å². The molecule has 16 heavy (non-hydrogen) atoms. The molecular weight excluding hydrogens is 200 g/mol. The highest BCUT2D eigenvalue weighted by molar-refractivity contribution is 5.76. The van der Waals surface area contributed by atoms with Gasteiger partial charge in [0.1, 0.15) is 0 Å². The lowest BCUT2D eigenvalue weighted by atomic mass is 9.94. The molecule has 2 nitrogen and oxygen atoms in total. The van der Waals surface area contributed by atoms with Crippen molar-refractivity contribution in [3.8, 4) is 0 Å². The molecule has 0 bridgehead atoms. The number of carbonyl (C=O) groups is 1. The highest BCUT2D eigenvalue weighted by Gasteiger charge is 2.15. The van der Waals surface area contributed by atoms with Gasteiger partial charge in [-0.15, -0.1) is 0 Å². The van der Waals surface area contributed by atoms with Gasteiger partial charge in [-0.3, -0.25) is 4.79 Å². The Balaban J connectivity index is 3.00. The molecule has 1 atom stereocenters. The summed E-state index contributed by atoms with van der Waals surface area (Å²) in [5, 5.41) is 9.02. The molecule has 0 saturated heterocycles. The van der Waals surface area contributed by atoms with Crippen LogP contribution in [0, 0.1) is 0 Å². The minimum atomic E-state index is -0.773. The van der Waals surface area contributed by atoms with Gasteiger partial charge < -0.3 is 5.11 Å². The number of hydrogen-bond acceptors (Lipinski definition) is 1. The van der Waals surface area contributed by atoms with Crippen molar-refractivity contribution >= 4 is 5.97 Å². The maximum absolute atomic E-state index is 11.0. The first-order valence-corrected chi connectivity index (χ1v) is 5.46. The Bertz CT molecular complexity index is 401. The molecule has 0 spiro atoms. The Labute approximate surface area is 96.6 Å². The molecule has 0 aliphatic rings. The van der Waals surface area contributed by atoms with Gasteiger partial charge >= 0.3 is 5.97 Å². The van der Waals surface area contributed by atoms with Crippen LogP contribution >= 0.6 is 0 Å². The standard InChI is InChI=1S/C14H18O2/c1-10(2)8-9-12-6-4-5-7-13(12)11(3)14(15)16/h4-8,11H,9H2,1-3H3,(H,15,16). The van der Waals surface area contributed by atoms with E-state index in [1.165, 1.54) is 5.57 Å². The van der Waals surface area contributed by atoms with Crippen molar-refractivity contribution in [3.05, 3.63) is 47.0 Å². The fraction of sp³-hybridized carbons (Fsp3) is 0.357. The van der Waals surface area contributed by atoms with Gasteiger partial charge in [-0.05, 0) is 38.3 Å². The molecular formula is C14H18O2. The first-order valence-electron chi connectivity index (χ1n) is 5.46. The zero-order valence-corrected chi connectivity index (χ0v) is 10.0. The van der Waals surface area contributed by atoms with E-state index in [4.69, 9.17) is 5.11 Å². The van der Waals surface area contributed by atoms with Gasteiger partial charge in [-0.25, -0.2) is 0 Å². The predicted molar refractivity (Wildman–Crippen MR) is 65.6 cm³/mol. The van der Waals surface area contributed by atoms with Gasteiger partial charge in [0, 0.05) is 0 Å². The second-order valence-electron chi connectivity index (χ2n) is 4.24. The molecule has 0 fully saturated rings. The number of carboxylic acids is 1. The third-order valence-electron chi connectivity index (χ3n) is 2.62. The van der Waals surface area contributed by atoms with Crippen LogP contribution in [0.2, 0.25) is 0 Å². The fourth-order valence-electron chi connectivity index (χ4n) is 1.59. The molecule has 2 heteroatoms. The van der Waals surface area contributed by atoms with Crippen molar-refractivity contribution in [2.75, 3.05) is 0 Å². The average molecular weight is 218 g/mol. The van der Waals surface area contributed by atoms with E-state index in [9.17, 15) is 4.79 Å². The number of hydrogen-bond donors (Lipinski definition) is 1. The van der Waals surface area contributed by atoms with Gasteiger partial charge in [0.15, 0.2) is 0 Å². The van der Waals surface area contributed by atoms with Crippen molar-refractivity contribution in [3.63, 3.8) is 0 Å². The third kappa shape index (κ3) is 3.23. The Hall–Kier alpha value is -1.57. The number of allylic oxidation sites excluding steroid dienone is 2. The summed E-state index contributed by atoms with van der Waals surface area (Å²) in [7, 11) is 0. The summed E-state index contributed by atoms with van der Waals surface area (Å²) < 4.78 is 0. The minimum Gasteiger partial charge on any atom is -0.481 e. The van der Waals surface area contributed by atoms with Crippen molar-refractivity contribution < 1.29 is 9.90 Å². The van der Waals surface area contributed by atoms with Crippen LogP contribution in [0.25, 0.3) is 0 Å². The lowest BCUT2D eigenvalue weighted by molar-refractivity contribution is -0.138. The van der Waals surface area contributed by atoms with E-state index in [0.29, 0.717) is 0 Å². The molecule has 1 N–H and O–H groups in total. The molecule has 1 aromatic carbocycles. The zero-order valence-electron chi connectivity index (χ0n) is 10.0. The van der Waals surface area contributed by atoms with E-state index >= 15 is 0 Å². The summed E-state index contributed by atoms with van der Waals surface area (Å²) in [5.74, 6) is -1.22. The highest BCUT2D eigenvalue weighted by atomic mass is 16.4. The molecule has 0 saturated carbocycles. The van der Waals surface area contributed by atoms with Crippen molar-refractivity contribution in [2.24, 2.45) is 0 Å². The number of benzene rings is 1. The summed E-state index contributed by atoms with van der Waals surface area (Å²) in [6, 6.07) is 7.73. The minimum absolute atomic E-state index is 0.443. The molecule has 1 rings (SSSR count). The Morgan fingerprint density at radius 1 is 1.38 bits per heavy atom. The van der Waals surface area contributed by atoms with Crippen LogP contribution in [-0.2, 0) is 11.2 Å². The fourth-order valence-corrected chi connectivity index (χ4v) is 1.59. The van der Waals surface area contributed by atoms with Crippen molar-refractivity contribution in [1.82, 2.24) is 0 Å². The lowest BCUT2D eigenvalue weighted by Gasteiger charge is -2.11. The summed E-state index contributed by atoms with van der Waals surface area (Å²) in [6.45, 7) is 5.82. The number of rotatable bonds is 4. The van der Waals surface area contributed by atoms with Crippen LogP contribution in [0.5, 0.6) is 0 Å². The Morgan fingerprint density at radius 2 is 2.00 bits per heavy atom. The molecule has 0 radical (unpaired) electrons. The van der Waals surface area contributed by atoms with Crippen LogP contribution in [0.1, 0.15) is 37.8 Å². The third-order valence-corrected chi connectivity index (χ3v) is 2.62. The van der Waals surface area contributed by atoms with E-state index in [2.05, 4.69) is 6.08 Å². The first-order chi connectivity index (χ1) is 7.52. The maximum Gasteiger partial charge on any atom is 0.310 e. The Kier molecular flexibility index (Phi) is 4.29. The molecule has 1 unspecified atom stereocenters. The topological polar surface area (TPSA) is 37.3 Å². The van der Waals surface area contributed by atoms with E-state index in [0.717, 1.165) is 17.5 Å². The zero-order chi connectivity index (χ0) is 12.1. The van der Waals surface area contributed by atoms with E-state index in [-0.39, 0.29) is 0 Å². The van der Waals surface area contributed by atoms with Gasteiger partial charge in [0.25, 0.3) is 0 Å². The SMILES string of the molecule is CC(C)=CCc1ccccc1C(C)C(=O)O. The smallest absolute Gasteiger partial charge is 0.310 e. The predicted octanol–water partition coefficient (Wildman–Crippen LogP) is 3.38. The normalized spacial score (nSPS) is 11.9. The van der Waals surface area contributed by atoms with Crippen LogP contribution in [-0.4, -0.2) is 11.1 Å². The first kappa shape index (κ1) is 12.5. The Morgan fingerprint density at radius 3 is 2.56 bits per heavy atom. The van der Waals surface area contributed by atoms with Crippen LogP contribution in [0.4, 0.5) is 0 Å². The molecule has 0 heterocycles. The summed E-state index contributed by atoms with van der Waals surface area (Å²) >= 11 is 0. The highest BCUT2D eigenvalue weighted by Crippen LogP contribution is 2.21. The van der Waals surface area contributed by atoms with Gasteiger partial charge in [0.05, 0.1) is 5.92 Å². The molecule has 0 amide bonds. The number of aliphatic carboxylic acids is 1. The van der Waals surface area contributed by atoms with Gasteiger partial charge in [-0.1, -0.05) is 35.9 Å². The quantitative estimate of drug-likeness (QED) is 0.786. The lowest BCUT2D eigenvalue weighted by Crippen LogP contribution is -2.09. The summed E-state index contributed by atoms with van der Waals surface area (Å²) in [5.41, 5.74) is 3.25. The van der Waals surface area contributed by atoms with Gasteiger partial charge in [0.2, 0.25) is 0 Å². The largest absolute Gasteiger partial charge is 0.481 e. The van der Waals surface area contributed by atoms with Crippen LogP contribution in [0.15, 0.2) is 35.9 Å². The maximum atomic E-state index is 11.0. The summed E-state index contributed by atoms with van der Waals surface area (Å²) in [6.07, 6.45) is 2.92. The second kappa shape index (κ2) is 5.50. The second-order valence-corrected chi connectivity index (χ2v) is 4.24. The molecule has 0 aliphatic carbocycles. The molecule has 0 aliphatic heterocycles. The molecule has 86 valence electrons. The van der Waals surface area contributed by atoms with E-state index in [1.54, 1.807) is 6.92 Å². The van der Waals surface area contributed by atoms with Crippen LogP contribution < -0.4 is 0 Å². The van der Waals surface area contributed by atoms with E-state index < -0.39 is 11.9 Å². The number of carboxylic acid groups (broad SMARTS) is 1. The van der Waals surface area contributed by atoms with Crippen molar-refractivity contribution in [1.29, 1.82) is 0 Å². The average Bonchev–Trinajstić information content (AvgIpc) is 2.25. The van der Waals surface area contributed by atoms with Gasteiger partial charge in [-0.2, -0.15) is 0 Å². The van der Waals surface area contributed by atoms with Crippen LogP contribution in [0.3, 0.4) is 0 Å². The van der Waals surface area contributed by atoms with E-state index in [1.807, 2.05) is 38.1 Å². The molecule has 1 aromatic rings. The monoisotopic (exact) mass is 218 g/mol. The molecule has 0 aromatic heterocycles. The summed E-state index contributed by atoms with van der Waals surface area (Å²) in [4.78, 5) is 11.0.